The summed E-state index contributed by atoms with van der Waals surface area (Å²) in [5.74, 6) is 1.16. The summed E-state index contributed by atoms with van der Waals surface area (Å²) in [6, 6.07) is 9.15. The summed E-state index contributed by atoms with van der Waals surface area (Å²) < 4.78 is 0. The Hall–Kier alpha value is -0.510. The van der Waals surface area contributed by atoms with Gasteiger partial charge in [-0.15, -0.1) is 11.8 Å². The minimum absolute atomic E-state index is 0.425. The summed E-state index contributed by atoms with van der Waals surface area (Å²) in [6.07, 6.45) is 0. The molecule has 0 aliphatic carbocycles. The molecule has 2 nitrogen and oxygen atoms in total. The van der Waals surface area contributed by atoms with E-state index in [1.54, 1.807) is 0 Å². The minimum Gasteiger partial charge on any atom is -0.325 e. The Balaban J connectivity index is 1.67. The van der Waals surface area contributed by atoms with Gasteiger partial charge in [-0.1, -0.05) is 17.7 Å². The Labute approximate surface area is 95.8 Å². The highest BCUT2D eigenvalue weighted by Gasteiger charge is 2.21. The molecular formula is C12H18N2S. The lowest BCUT2D eigenvalue weighted by Crippen LogP contribution is -2.56. The van der Waals surface area contributed by atoms with Crippen molar-refractivity contribution < 1.29 is 0 Å². The lowest BCUT2D eigenvalue weighted by atomic mass is 10.1. The van der Waals surface area contributed by atoms with E-state index in [0.717, 1.165) is 25.4 Å². The molecular weight excluding hydrogens is 204 g/mol. The summed E-state index contributed by atoms with van der Waals surface area (Å²) in [5, 5.41) is 0. The van der Waals surface area contributed by atoms with Gasteiger partial charge in [0.05, 0.1) is 0 Å². The lowest BCUT2D eigenvalue weighted by Gasteiger charge is -2.36. The van der Waals surface area contributed by atoms with Gasteiger partial charge in [0.15, 0.2) is 0 Å². The summed E-state index contributed by atoms with van der Waals surface area (Å²) in [5.41, 5.74) is 7.05. The van der Waals surface area contributed by atoms with Crippen LogP contribution in [0.4, 0.5) is 0 Å². The first kappa shape index (κ1) is 11.0. The molecule has 0 aromatic heterocycles. The Bertz CT molecular complexity index is 304. The molecule has 82 valence electrons. The van der Waals surface area contributed by atoms with E-state index in [4.69, 9.17) is 5.73 Å². The van der Waals surface area contributed by atoms with Crippen LogP contribution >= 0.6 is 11.8 Å². The molecule has 0 bridgehead atoms. The van der Waals surface area contributed by atoms with Gasteiger partial charge in [-0.05, 0) is 19.1 Å². The number of benzene rings is 1. The molecule has 1 aliphatic rings. The molecule has 0 saturated carbocycles. The van der Waals surface area contributed by atoms with Crippen LogP contribution in [-0.2, 0) is 0 Å². The molecule has 1 saturated heterocycles. The number of thioether (sulfide) groups is 1. The lowest BCUT2D eigenvalue weighted by molar-refractivity contribution is 0.161. The molecule has 3 heteroatoms. The zero-order valence-corrected chi connectivity index (χ0v) is 9.96. The van der Waals surface area contributed by atoms with Crippen LogP contribution < -0.4 is 5.73 Å². The van der Waals surface area contributed by atoms with Crippen LogP contribution in [0.15, 0.2) is 29.2 Å². The van der Waals surface area contributed by atoms with Crippen molar-refractivity contribution in [3.63, 3.8) is 0 Å². The number of hydrogen-bond donors (Lipinski definition) is 1. The second kappa shape index (κ2) is 5.01. The summed E-state index contributed by atoms with van der Waals surface area (Å²) in [4.78, 5) is 3.77. The van der Waals surface area contributed by atoms with Gasteiger partial charge in [0, 0.05) is 36.3 Å². The number of nitrogens with two attached hydrogens (primary N) is 1. The highest BCUT2D eigenvalue weighted by molar-refractivity contribution is 7.99. The maximum Gasteiger partial charge on any atom is 0.0297 e. The number of hydrogen-bond acceptors (Lipinski definition) is 3. The first-order valence-electron chi connectivity index (χ1n) is 5.41. The van der Waals surface area contributed by atoms with Gasteiger partial charge in [0.1, 0.15) is 0 Å². The third-order valence-corrected chi connectivity index (χ3v) is 3.67. The van der Waals surface area contributed by atoms with Crippen LogP contribution in [0.2, 0.25) is 0 Å². The van der Waals surface area contributed by atoms with E-state index in [9.17, 15) is 0 Å². The molecule has 0 radical (unpaired) electrons. The van der Waals surface area contributed by atoms with Gasteiger partial charge >= 0.3 is 0 Å². The second-order valence-corrected chi connectivity index (χ2v) is 5.35. The fourth-order valence-electron chi connectivity index (χ4n) is 1.72. The van der Waals surface area contributed by atoms with E-state index in [-0.39, 0.29) is 0 Å². The molecule has 1 aliphatic heterocycles. The fourth-order valence-corrected chi connectivity index (χ4v) is 2.63. The van der Waals surface area contributed by atoms with Gasteiger partial charge < -0.3 is 5.73 Å². The van der Waals surface area contributed by atoms with E-state index < -0.39 is 0 Å². The van der Waals surface area contributed by atoms with Gasteiger partial charge in [-0.2, -0.15) is 0 Å². The topological polar surface area (TPSA) is 29.3 Å². The van der Waals surface area contributed by atoms with Crippen LogP contribution in [0.5, 0.6) is 0 Å². The van der Waals surface area contributed by atoms with Gasteiger partial charge in [-0.25, -0.2) is 0 Å². The first-order valence-corrected chi connectivity index (χ1v) is 6.40. The molecule has 2 rings (SSSR count). The van der Waals surface area contributed by atoms with E-state index in [0.29, 0.717) is 6.04 Å². The maximum atomic E-state index is 5.72. The first-order chi connectivity index (χ1) is 7.24. The highest BCUT2D eigenvalue weighted by Crippen LogP contribution is 2.19. The van der Waals surface area contributed by atoms with E-state index in [1.807, 2.05) is 11.8 Å². The Morgan fingerprint density at radius 1 is 1.33 bits per heavy atom. The second-order valence-electron chi connectivity index (χ2n) is 4.18. The van der Waals surface area contributed by atoms with E-state index in [1.165, 1.54) is 10.5 Å². The maximum absolute atomic E-state index is 5.72. The van der Waals surface area contributed by atoms with Crippen molar-refractivity contribution in [1.82, 2.24) is 4.90 Å². The van der Waals surface area contributed by atoms with Crippen molar-refractivity contribution in [3.8, 4) is 0 Å². The van der Waals surface area contributed by atoms with Crippen molar-refractivity contribution >= 4 is 11.8 Å². The molecule has 0 amide bonds. The fraction of sp³-hybridized carbons (Fsp3) is 0.500. The monoisotopic (exact) mass is 222 g/mol. The third kappa shape index (κ3) is 3.23. The van der Waals surface area contributed by atoms with Crippen molar-refractivity contribution in [2.75, 3.05) is 25.4 Å². The van der Waals surface area contributed by atoms with Crippen LogP contribution in [0.1, 0.15) is 5.56 Å². The molecule has 1 fully saturated rings. The summed E-state index contributed by atoms with van der Waals surface area (Å²) >= 11 is 1.93. The molecule has 0 spiro atoms. The zero-order chi connectivity index (χ0) is 10.7. The predicted molar refractivity (Wildman–Crippen MR) is 66.3 cm³/mol. The Morgan fingerprint density at radius 2 is 2.00 bits per heavy atom. The predicted octanol–water partition coefficient (Wildman–Crippen LogP) is 1.73. The third-order valence-electron chi connectivity index (χ3n) is 2.68. The molecule has 1 heterocycles. The number of rotatable bonds is 4. The molecule has 0 unspecified atom stereocenters. The SMILES string of the molecule is Cc1ccc(SCCN2CC(N)C2)cc1. The van der Waals surface area contributed by atoms with Crippen LogP contribution in [0, 0.1) is 6.92 Å². The van der Waals surface area contributed by atoms with Crippen molar-refractivity contribution in [1.29, 1.82) is 0 Å². The summed E-state index contributed by atoms with van der Waals surface area (Å²) in [6.45, 7) is 5.44. The summed E-state index contributed by atoms with van der Waals surface area (Å²) in [7, 11) is 0. The largest absolute Gasteiger partial charge is 0.325 e. The minimum atomic E-state index is 0.425. The van der Waals surface area contributed by atoms with Crippen LogP contribution in [-0.4, -0.2) is 36.3 Å². The zero-order valence-electron chi connectivity index (χ0n) is 9.15. The normalized spacial score (nSPS) is 17.7. The Kier molecular flexibility index (Phi) is 3.67. The van der Waals surface area contributed by atoms with Gasteiger partial charge in [0.25, 0.3) is 0 Å². The highest BCUT2D eigenvalue weighted by atomic mass is 32.2. The average molecular weight is 222 g/mol. The van der Waals surface area contributed by atoms with Crippen molar-refractivity contribution in [2.45, 2.75) is 17.9 Å². The number of aryl methyl sites for hydroxylation is 1. The molecule has 1 aromatic rings. The van der Waals surface area contributed by atoms with Gasteiger partial charge in [-0.3, -0.25) is 4.90 Å². The molecule has 0 atom stereocenters. The van der Waals surface area contributed by atoms with Crippen LogP contribution in [0.25, 0.3) is 0 Å². The molecule has 2 N–H and O–H groups in total. The molecule has 15 heavy (non-hydrogen) atoms. The standard InChI is InChI=1S/C12H18N2S/c1-10-2-4-12(5-3-10)15-7-6-14-8-11(13)9-14/h2-5,11H,6-9,13H2,1H3. The quantitative estimate of drug-likeness (QED) is 0.787. The molecule has 1 aromatic carbocycles. The Morgan fingerprint density at radius 3 is 2.60 bits per heavy atom. The smallest absolute Gasteiger partial charge is 0.0297 e. The van der Waals surface area contributed by atoms with E-state index in [2.05, 4.69) is 36.1 Å². The van der Waals surface area contributed by atoms with Crippen molar-refractivity contribution in [3.05, 3.63) is 29.8 Å². The number of nitrogens with zero attached hydrogens (tertiary/aromatic N) is 1. The van der Waals surface area contributed by atoms with Gasteiger partial charge in [0.2, 0.25) is 0 Å². The van der Waals surface area contributed by atoms with Crippen LogP contribution in [0.3, 0.4) is 0 Å². The number of likely N-dealkylation sites (tertiary alicyclic amines) is 1. The average Bonchev–Trinajstić information content (AvgIpc) is 2.18. The van der Waals surface area contributed by atoms with E-state index >= 15 is 0 Å². The van der Waals surface area contributed by atoms with Crippen molar-refractivity contribution in [2.24, 2.45) is 5.73 Å².